The third-order valence-corrected chi connectivity index (χ3v) is 4.46. The molecule has 0 atom stereocenters. The molecule has 1 saturated carbocycles. The molecule has 0 saturated heterocycles. The van der Waals surface area contributed by atoms with Gasteiger partial charge in [0.1, 0.15) is 0 Å². The maximum Gasteiger partial charge on any atom is 0.220 e. The first-order valence-corrected chi connectivity index (χ1v) is 8.01. The summed E-state index contributed by atoms with van der Waals surface area (Å²) in [5, 5.41) is 12.0. The maximum atomic E-state index is 5.87. The van der Waals surface area contributed by atoms with Gasteiger partial charge in [-0.3, -0.25) is 0 Å². The summed E-state index contributed by atoms with van der Waals surface area (Å²) < 4.78 is 5.87. The summed E-state index contributed by atoms with van der Waals surface area (Å²) >= 11 is 0. The monoisotopic (exact) mass is 283 g/mol. The summed E-state index contributed by atoms with van der Waals surface area (Å²) in [6.45, 7) is 1.05. The fourth-order valence-electron chi connectivity index (χ4n) is 3.10. The first-order chi connectivity index (χ1) is 10.4. The van der Waals surface area contributed by atoms with Gasteiger partial charge in [-0.15, -0.1) is 10.2 Å². The normalized spacial score (nSPS) is 18.1. The van der Waals surface area contributed by atoms with Crippen LogP contribution in [-0.2, 0) is 19.3 Å². The molecule has 0 spiro atoms. The van der Waals surface area contributed by atoms with E-state index in [-0.39, 0.29) is 0 Å². The third-order valence-electron chi connectivity index (χ3n) is 4.46. The molecule has 0 bridgehead atoms. The zero-order valence-electron chi connectivity index (χ0n) is 12.2. The van der Waals surface area contributed by atoms with E-state index in [1.165, 1.54) is 24.0 Å². The number of nitrogens with zero attached hydrogens (tertiary/aromatic N) is 2. The number of aromatic nitrogens is 2. The Labute approximate surface area is 125 Å². The molecule has 2 aliphatic carbocycles. The molecule has 2 aromatic rings. The van der Waals surface area contributed by atoms with E-state index >= 15 is 0 Å². The van der Waals surface area contributed by atoms with E-state index in [9.17, 15) is 0 Å². The molecule has 0 radical (unpaired) electrons. The molecule has 4 heteroatoms. The Kier molecular flexibility index (Phi) is 3.47. The standard InChI is InChI=1S/C17H21N3O/c1-2-5-13-11-14(10-12(13)4-1)17-20-19-16(21-17)6-3-9-18-15-7-8-15/h1-2,4-5,14-15,18H,3,6-11H2. The lowest BCUT2D eigenvalue weighted by atomic mass is 10.1. The highest BCUT2D eigenvalue weighted by Crippen LogP contribution is 2.33. The minimum atomic E-state index is 0.369. The van der Waals surface area contributed by atoms with Gasteiger partial charge in [-0.2, -0.15) is 0 Å². The van der Waals surface area contributed by atoms with Gasteiger partial charge in [-0.25, -0.2) is 0 Å². The van der Waals surface area contributed by atoms with E-state index < -0.39 is 0 Å². The number of nitrogens with one attached hydrogen (secondary N) is 1. The predicted octanol–water partition coefficient (Wildman–Crippen LogP) is 2.64. The summed E-state index contributed by atoms with van der Waals surface area (Å²) in [5.41, 5.74) is 2.85. The molecule has 1 aromatic carbocycles. The largest absolute Gasteiger partial charge is 0.425 e. The van der Waals surface area contributed by atoms with Gasteiger partial charge in [0.2, 0.25) is 11.8 Å². The van der Waals surface area contributed by atoms with E-state index in [1.807, 2.05) is 0 Å². The van der Waals surface area contributed by atoms with Gasteiger partial charge in [0, 0.05) is 18.4 Å². The third kappa shape index (κ3) is 3.00. The van der Waals surface area contributed by atoms with Gasteiger partial charge in [0.25, 0.3) is 0 Å². The molecule has 1 heterocycles. The SMILES string of the molecule is c1ccc2c(c1)CC(c1nnc(CCCNC3CC3)o1)C2. The van der Waals surface area contributed by atoms with Gasteiger partial charge >= 0.3 is 0 Å². The van der Waals surface area contributed by atoms with Crippen molar-refractivity contribution in [1.82, 2.24) is 15.5 Å². The van der Waals surface area contributed by atoms with Crippen molar-refractivity contribution in [2.24, 2.45) is 0 Å². The number of aryl methyl sites for hydroxylation is 1. The minimum absolute atomic E-state index is 0.369. The molecule has 1 fully saturated rings. The minimum Gasteiger partial charge on any atom is -0.425 e. The average molecular weight is 283 g/mol. The van der Waals surface area contributed by atoms with Crippen LogP contribution in [0.3, 0.4) is 0 Å². The van der Waals surface area contributed by atoms with Crippen molar-refractivity contribution >= 4 is 0 Å². The quantitative estimate of drug-likeness (QED) is 0.828. The van der Waals surface area contributed by atoms with Gasteiger partial charge in [0.15, 0.2) is 0 Å². The molecule has 0 unspecified atom stereocenters. The average Bonchev–Trinajstić information content (AvgIpc) is 3.04. The smallest absolute Gasteiger partial charge is 0.220 e. The van der Waals surface area contributed by atoms with Crippen molar-refractivity contribution in [3.63, 3.8) is 0 Å². The Morgan fingerprint density at radius 3 is 2.57 bits per heavy atom. The molecule has 0 amide bonds. The molecule has 1 N–H and O–H groups in total. The molecule has 110 valence electrons. The highest BCUT2D eigenvalue weighted by molar-refractivity contribution is 5.34. The van der Waals surface area contributed by atoms with Crippen LogP contribution < -0.4 is 5.32 Å². The molecule has 0 aliphatic heterocycles. The van der Waals surface area contributed by atoms with E-state index in [0.29, 0.717) is 5.92 Å². The van der Waals surface area contributed by atoms with Gasteiger partial charge in [-0.05, 0) is 49.8 Å². The second-order valence-electron chi connectivity index (χ2n) is 6.24. The van der Waals surface area contributed by atoms with Crippen molar-refractivity contribution in [2.75, 3.05) is 6.54 Å². The highest BCUT2D eigenvalue weighted by Gasteiger charge is 2.27. The Morgan fingerprint density at radius 2 is 1.86 bits per heavy atom. The van der Waals surface area contributed by atoms with Crippen LogP contribution in [0, 0.1) is 0 Å². The van der Waals surface area contributed by atoms with Crippen LogP contribution in [0.4, 0.5) is 0 Å². The molecular weight excluding hydrogens is 262 g/mol. The molecule has 4 rings (SSSR count). The van der Waals surface area contributed by atoms with E-state index in [0.717, 1.165) is 50.1 Å². The van der Waals surface area contributed by atoms with Crippen LogP contribution in [0.1, 0.15) is 48.1 Å². The fourth-order valence-corrected chi connectivity index (χ4v) is 3.10. The topological polar surface area (TPSA) is 51.0 Å². The Hall–Kier alpha value is -1.68. The lowest BCUT2D eigenvalue weighted by Gasteiger charge is -2.02. The number of hydrogen-bond donors (Lipinski definition) is 1. The Bertz CT molecular complexity index is 593. The van der Waals surface area contributed by atoms with Gasteiger partial charge < -0.3 is 9.73 Å². The first kappa shape index (κ1) is 13.0. The molecule has 21 heavy (non-hydrogen) atoms. The fraction of sp³-hybridized carbons (Fsp3) is 0.529. The van der Waals surface area contributed by atoms with Crippen molar-refractivity contribution in [1.29, 1.82) is 0 Å². The van der Waals surface area contributed by atoms with E-state index in [4.69, 9.17) is 4.42 Å². The van der Waals surface area contributed by atoms with Crippen LogP contribution in [0.15, 0.2) is 28.7 Å². The summed E-state index contributed by atoms with van der Waals surface area (Å²) in [7, 11) is 0. The zero-order chi connectivity index (χ0) is 14.1. The second kappa shape index (κ2) is 5.60. The van der Waals surface area contributed by atoms with E-state index in [2.05, 4.69) is 39.8 Å². The molecule has 2 aliphatic rings. The Balaban J connectivity index is 1.32. The van der Waals surface area contributed by atoms with Crippen LogP contribution in [0.5, 0.6) is 0 Å². The van der Waals surface area contributed by atoms with Gasteiger partial charge in [-0.1, -0.05) is 24.3 Å². The zero-order valence-corrected chi connectivity index (χ0v) is 12.2. The van der Waals surface area contributed by atoms with E-state index in [1.54, 1.807) is 0 Å². The lowest BCUT2D eigenvalue weighted by Crippen LogP contribution is -2.17. The summed E-state index contributed by atoms with van der Waals surface area (Å²) in [4.78, 5) is 0. The van der Waals surface area contributed by atoms with Crippen molar-refractivity contribution in [3.05, 3.63) is 47.2 Å². The maximum absolute atomic E-state index is 5.87. The summed E-state index contributed by atoms with van der Waals surface area (Å²) in [6, 6.07) is 9.40. The van der Waals surface area contributed by atoms with Crippen molar-refractivity contribution in [2.45, 2.75) is 50.5 Å². The number of fused-ring (bicyclic) bond motifs is 1. The van der Waals surface area contributed by atoms with Gasteiger partial charge in [0.05, 0.1) is 0 Å². The lowest BCUT2D eigenvalue weighted by molar-refractivity contribution is 0.413. The van der Waals surface area contributed by atoms with Crippen molar-refractivity contribution in [3.8, 4) is 0 Å². The summed E-state index contributed by atoms with van der Waals surface area (Å²) in [5.74, 6) is 1.98. The van der Waals surface area contributed by atoms with Crippen LogP contribution in [0.2, 0.25) is 0 Å². The second-order valence-corrected chi connectivity index (χ2v) is 6.24. The first-order valence-electron chi connectivity index (χ1n) is 8.01. The molecule has 4 nitrogen and oxygen atoms in total. The van der Waals surface area contributed by atoms with Crippen molar-refractivity contribution < 1.29 is 4.42 Å². The number of rotatable bonds is 6. The van der Waals surface area contributed by atoms with Crippen LogP contribution >= 0.6 is 0 Å². The highest BCUT2D eigenvalue weighted by atomic mass is 16.4. The summed E-state index contributed by atoms with van der Waals surface area (Å²) in [6.07, 6.45) is 6.69. The number of hydrogen-bond acceptors (Lipinski definition) is 4. The van der Waals surface area contributed by atoms with Crippen LogP contribution in [0.25, 0.3) is 0 Å². The Morgan fingerprint density at radius 1 is 1.10 bits per heavy atom. The molecule has 1 aromatic heterocycles. The van der Waals surface area contributed by atoms with Crippen LogP contribution in [-0.4, -0.2) is 22.8 Å². The molecular formula is C17H21N3O. The predicted molar refractivity (Wildman–Crippen MR) is 80.2 cm³/mol. The number of benzene rings is 1.